The summed E-state index contributed by atoms with van der Waals surface area (Å²) in [6.45, 7) is 0.451. The molecule has 32 heavy (non-hydrogen) atoms. The summed E-state index contributed by atoms with van der Waals surface area (Å²) >= 11 is 14.6. The van der Waals surface area contributed by atoms with E-state index in [1.54, 1.807) is 36.4 Å². The van der Waals surface area contributed by atoms with Gasteiger partial charge in [-0.1, -0.05) is 47.1 Å². The standard InChI is InChI=1S/C23H17Cl2N3O2S2/c24-16-5-1-14(2-6-16)12-26-21(29)13-31-23-28-19-10-9-18(11-20(19)32-23)27-22(30)15-3-7-17(25)8-4-15/h1-11H,12-13H2,(H,26,29)(H,27,30). The van der Waals surface area contributed by atoms with Crippen LogP contribution >= 0.6 is 46.3 Å². The number of fused-ring (bicyclic) bond motifs is 1. The Hall–Kier alpha value is -2.58. The molecule has 0 saturated carbocycles. The summed E-state index contributed by atoms with van der Waals surface area (Å²) in [5, 5.41) is 7.02. The maximum atomic E-state index is 12.4. The molecule has 0 saturated heterocycles. The first-order chi connectivity index (χ1) is 15.5. The lowest BCUT2D eigenvalue weighted by atomic mass is 10.2. The average molecular weight is 502 g/mol. The first-order valence-electron chi connectivity index (χ1n) is 9.58. The fraction of sp³-hybridized carbons (Fsp3) is 0.0870. The number of anilines is 1. The number of halogens is 2. The lowest BCUT2D eigenvalue weighted by Gasteiger charge is -2.05. The van der Waals surface area contributed by atoms with Crippen molar-refractivity contribution in [1.29, 1.82) is 0 Å². The molecule has 0 aliphatic rings. The SMILES string of the molecule is O=C(CSc1nc2ccc(NC(=O)c3ccc(Cl)cc3)cc2s1)NCc1ccc(Cl)cc1. The van der Waals surface area contributed by atoms with E-state index in [4.69, 9.17) is 23.2 Å². The number of aromatic nitrogens is 1. The number of amides is 2. The molecule has 2 N–H and O–H groups in total. The highest BCUT2D eigenvalue weighted by Crippen LogP contribution is 2.31. The molecule has 1 heterocycles. The van der Waals surface area contributed by atoms with Crippen molar-refractivity contribution < 1.29 is 9.59 Å². The van der Waals surface area contributed by atoms with E-state index < -0.39 is 0 Å². The second-order valence-corrected chi connectivity index (χ2v) is 9.94. The number of carbonyl (C=O) groups excluding carboxylic acids is 2. The summed E-state index contributed by atoms with van der Waals surface area (Å²) < 4.78 is 1.73. The van der Waals surface area contributed by atoms with E-state index in [-0.39, 0.29) is 17.6 Å². The van der Waals surface area contributed by atoms with Gasteiger partial charge < -0.3 is 10.6 Å². The maximum Gasteiger partial charge on any atom is 0.255 e. The van der Waals surface area contributed by atoms with Gasteiger partial charge in [0.2, 0.25) is 5.91 Å². The number of hydrogen-bond donors (Lipinski definition) is 2. The summed E-state index contributed by atoms with van der Waals surface area (Å²) in [4.78, 5) is 29.1. The molecule has 2 amide bonds. The molecule has 5 nitrogen and oxygen atoms in total. The van der Waals surface area contributed by atoms with Crippen molar-refractivity contribution in [2.24, 2.45) is 0 Å². The molecular formula is C23H17Cl2N3O2S2. The number of thiazole rings is 1. The maximum absolute atomic E-state index is 12.4. The van der Waals surface area contributed by atoms with Crippen molar-refractivity contribution in [1.82, 2.24) is 10.3 Å². The second kappa shape index (κ2) is 10.4. The molecule has 3 aromatic carbocycles. The zero-order chi connectivity index (χ0) is 22.5. The van der Waals surface area contributed by atoms with Crippen LogP contribution in [0.5, 0.6) is 0 Å². The summed E-state index contributed by atoms with van der Waals surface area (Å²) in [5.41, 5.74) is 3.02. The van der Waals surface area contributed by atoms with Crippen LogP contribution in [-0.4, -0.2) is 22.6 Å². The number of benzene rings is 3. The molecule has 1 aromatic heterocycles. The summed E-state index contributed by atoms with van der Waals surface area (Å²) in [5.74, 6) is -0.00859. The molecule has 0 fully saturated rings. The lowest BCUT2D eigenvalue weighted by Crippen LogP contribution is -2.24. The van der Waals surface area contributed by atoms with Crippen molar-refractivity contribution in [3.63, 3.8) is 0 Å². The molecule has 4 aromatic rings. The Morgan fingerprint density at radius 1 is 0.938 bits per heavy atom. The molecule has 0 unspecified atom stereocenters. The Kier molecular flexibility index (Phi) is 7.32. The number of carbonyl (C=O) groups is 2. The van der Waals surface area contributed by atoms with Crippen molar-refractivity contribution in [2.45, 2.75) is 10.9 Å². The highest BCUT2D eigenvalue weighted by molar-refractivity contribution is 8.01. The van der Waals surface area contributed by atoms with E-state index in [9.17, 15) is 9.59 Å². The summed E-state index contributed by atoms with van der Waals surface area (Å²) in [6.07, 6.45) is 0. The molecule has 0 spiro atoms. The van der Waals surface area contributed by atoms with E-state index in [0.717, 1.165) is 20.1 Å². The fourth-order valence-electron chi connectivity index (χ4n) is 2.83. The molecule has 0 aliphatic heterocycles. The highest BCUT2D eigenvalue weighted by Gasteiger charge is 2.11. The van der Waals surface area contributed by atoms with E-state index in [1.165, 1.54) is 23.1 Å². The van der Waals surface area contributed by atoms with Crippen LogP contribution in [0.25, 0.3) is 10.2 Å². The van der Waals surface area contributed by atoms with Gasteiger partial charge in [0.1, 0.15) is 0 Å². The van der Waals surface area contributed by atoms with Crippen molar-refractivity contribution >= 4 is 74.0 Å². The Balaban J connectivity index is 1.33. The Bertz CT molecular complexity index is 1260. The molecule has 162 valence electrons. The largest absolute Gasteiger partial charge is 0.351 e. The molecule has 0 aliphatic carbocycles. The normalized spacial score (nSPS) is 10.8. The average Bonchev–Trinajstić information content (AvgIpc) is 3.20. The molecule has 0 bridgehead atoms. The molecule has 0 radical (unpaired) electrons. The smallest absolute Gasteiger partial charge is 0.255 e. The monoisotopic (exact) mass is 501 g/mol. The number of rotatable bonds is 7. The molecule has 0 atom stereocenters. The van der Waals surface area contributed by atoms with Gasteiger partial charge in [-0.2, -0.15) is 0 Å². The molecule has 9 heteroatoms. The van der Waals surface area contributed by atoms with Gasteiger partial charge in [0.25, 0.3) is 5.91 Å². The molecule has 4 rings (SSSR count). The fourth-order valence-corrected chi connectivity index (χ4v) is 5.02. The third kappa shape index (κ3) is 6.01. The van der Waals surface area contributed by atoms with Crippen LogP contribution in [0.3, 0.4) is 0 Å². The summed E-state index contributed by atoms with van der Waals surface area (Å²) in [6, 6.07) is 19.6. The van der Waals surface area contributed by atoms with Crippen LogP contribution in [0.4, 0.5) is 5.69 Å². The predicted molar refractivity (Wildman–Crippen MR) is 133 cm³/mol. The second-order valence-electron chi connectivity index (χ2n) is 6.82. The minimum absolute atomic E-state index is 0.0693. The minimum Gasteiger partial charge on any atom is -0.351 e. The number of thioether (sulfide) groups is 1. The van der Waals surface area contributed by atoms with Gasteiger partial charge in [-0.15, -0.1) is 11.3 Å². The third-order valence-corrected chi connectivity index (χ3v) is 7.13. The van der Waals surface area contributed by atoms with Gasteiger partial charge in [-0.25, -0.2) is 4.98 Å². The van der Waals surface area contributed by atoms with E-state index in [0.29, 0.717) is 27.8 Å². The quantitative estimate of drug-likeness (QED) is 0.293. The van der Waals surface area contributed by atoms with Gasteiger partial charge >= 0.3 is 0 Å². The van der Waals surface area contributed by atoms with Crippen LogP contribution in [-0.2, 0) is 11.3 Å². The van der Waals surface area contributed by atoms with Crippen molar-refractivity contribution in [3.05, 3.63) is 87.9 Å². The predicted octanol–water partition coefficient (Wildman–Crippen LogP) is 6.26. The van der Waals surface area contributed by atoms with Crippen molar-refractivity contribution in [3.8, 4) is 0 Å². The number of hydrogen-bond acceptors (Lipinski definition) is 5. The van der Waals surface area contributed by atoms with Gasteiger partial charge in [-0.3, -0.25) is 9.59 Å². The van der Waals surface area contributed by atoms with Crippen LogP contribution < -0.4 is 10.6 Å². The van der Waals surface area contributed by atoms with Gasteiger partial charge in [0.05, 0.1) is 16.0 Å². The zero-order valence-corrected chi connectivity index (χ0v) is 19.7. The minimum atomic E-state index is -0.211. The lowest BCUT2D eigenvalue weighted by molar-refractivity contribution is -0.118. The van der Waals surface area contributed by atoms with E-state index in [1.807, 2.05) is 30.3 Å². The van der Waals surface area contributed by atoms with Crippen LogP contribution in [0.1, 0.15) is 15.9 Å². The van der Waals surface area contributed by atoms with Crippen LogP contribution in [0.15, 0.2) is 71.1 Å². The van der Waals surface area contributed by atoms with Crippen LogP contribution in [0.2, 0.25) is 10.0 Å². The zero-order valence-electron chi connectivity index (χ0n) is 16.6. The number of nitrogens with one attached hydrogen (secondary N) is 2. The number of nitrogens with zero attached hydrogens (tertiary/aromatic N) is 1. The Morgan fingerprint density at radius 3 is 2.34 bits per heavy atom. The Labute approximate surface area is 203 Å². The first-order valence-corrected chi connectivity index (χ1v) is 12.1. The highest BCUT2D eigenvalue weighted by atomic mass is 35.5. The summed E-state index contributed by atoms with van der Waals surface area (Å²) in [7, 11) is 0. The Morgan fingerprint density at radius 2 is 1.62 bits per heavy atom. The van der Waals surface area contributed by atoms with Gasteiger partial charge in [0.15, 0.2) is 4.34 Å². The third-order valence-electron chi connectivity index (χ3n) is 4.46. The van der Waals surface area contributed by atoms with Gasteiger partial charge in [0, 0.05) is 27.8 Å². The van der Waals surface area contributed by atoms with Crippen molar-refractivity contribution in [2.75, 3.05) is 11.1 Å². The topological polar surface area (TPSA) is 71.1 Å². The van der Waals surface area contributed by atoms with Crippen LogP contribution in [0, 0.1) is 0 Å². The van der Waals surface area contributed by atoms with E-state index in [2.05, 4.69) is 15.6 Å². The van der Waals surface area contributed by atoms with Gasteiger partial charge in [-0.05, 0) is 60.2 Å². The van der Waals surface area contributed by atoms with E-state index >= 15 is 0 Å². The molecular weight excluding hydrogens is 485 g/mol. The first kappa shape index (κ1) is 22.6.